The third-order valence-electron chi connectivity index (χ3n) is 3.65. The molecular formula is C14H18BrN5O3. The fraction of sp³-hybridized carbons (Fsp3) is 0.500. The maximum atomic E-state index is 9.93. The standard InChI is InChI=1S/C14H18BrN5O3/c1-19(2)7-18-13-12-8(15)4-20(14(12)17-6-16-13)11-3-9(22)10(5-21)23-11/h4,6-7,9-11,21-22H,3,5H2,1-2H3/t9-,10+,11-/m0/s1. The molecule has 0 aliphatic carbocycles. The molecule has 0 unspecified atom stereocenters. The number of fused-ring (bicyclic) bond motifs is 1. The summed E-state index contributed by atoms with van der Waals surface area (Å²) < 4.78 is 8.33. The first-order valence-corrected chi connectivity index (χ1v) is 7.96. The summed E-state index contributed by atoms with van der Waals surface area (Å²) in [6.45, 7) is -0.217. The van der Waals surface area contributed by atoms with Gasteiger partial charge in [-0.05, 0) is 15.9 Å². The number of rotatable bonds is 4. The molecule has 3 heterocycles. The first kappa shape index (κ1) is 16.3. The lowest BCUT2D eigenvalue weighted by atomic mass is 10.2. The molecule has 1 fully saturated rings. The molecule has 0 saturated carbocycles. The number of hydrogen-bond acceptors (Lipinski definition) is 6. The van der Waals surface area contributed by atoms with Crippen LogP contribution < -0.4 is 0 Å². The fourth-order valence-electron chi connectivity index (χ4n) is 2.56. The lowest BCUT2D eigenvalue weighted by molar-refractivity contribution is -0.0430. The minimum atomic E-state index is -0.700. The SMILES string of the molecule is CN(C)C=Nc1ncnc2c1c(Br)cn2[C@@H]1C[C@H](O)[C@@H](CO)O1. The van der Waals surface area contributed by atoms with E-state index in [1.807, 2.05) is 29.8 Å². The van der Waals surface area contributed by atoms with E-state index in [4.69, 9.17) is 4.74 Å². The number of aliphatic hydroxyl groups is 2. The summed E-state index contributed by atoms with van der Waals surface area (Å²) in [5, 5.41) is 19.9. The maximum absolute atomic E-state index is 9.93. The van der Waals surface area contributed by atoms with Gasteiger partial charge in [0.25, 0.3) is 0 Å². The van der Waals surface area contributed by atoms with E-state index in [1.54, 1.807) is 6.34 Å². The number of aliphatic hydroxyl groups excluding tert-OH is 2. The molecule has 1 aliphatic rings. The van der Waals surface area contributed by atoms with Crippen LogP contribution in [0.3, 0.4) is 0 Å². The number of aromatic nitrogens is 3. The number of nitrogens with zero attached hydrogens (tertiary/aromatic N) is 5. The van der Waals surface area contributed by atoms with Gasteiger partial charge in [0.2, 0.25) is 0 Å². The predicted molar refractivity (Wildman–Crippen MR) is 88.7 cm³/mol. The van der Waals surface area contributed by atoms with Gasteiger partial charge in [-0.3, -0.25) is 0 Å². The highest BCUT2D eigenvalue weighted by Crippen LogP contribution is 2.37. The van der Waals surface area contributed by atoms with Gasteiger partial charge in [-0.1, -0.05) is 0 Å². The van der Waals surface area contributed by atoms with Gasteiger partial charge in [-0.15, -0.1) is 0 Å². The summed E-state index contributed by atoms with van der Waals surface area (Å²) in [6, 6.07) is 0. The molecule has 8 nitrogen and oxygen atoms in total. The summed E-state index contributed by atoms with van der Waals surface area (Å²) in [6.07, 6.45) is 3.67. The molecule has 2 aromatic rings. The van der Waals surface area contributed by atoms with Crippen molar-refractivity contribution in [2.75, 3.05) is 20.7 Å². The van der Waals surface area contributed by atoms with E-state index >= 15 is 0 Å². The molecular weight excluding hydrogens is 366 g/mol. The maximum Gasteiger partial charge on any atom is 0.167 e. The van der Waals surface area contributed by atoms with Gasteiger partial charge >= 0.3 is 0 Å². The van der Waals surface area contributed by atoms with Gasteiger partial charge in [-0.25, -0.2) is 15.0 Å². The number of hydrogen-bond donors (Lipinski definition) is 2. The molecule has 124 valence electrons. The zero-order chi connectivity index (χ0) is 16.6. The summed E-state index contributed by atoms with van der Waals surface area (Å²) >= 11 is 3.51. The van der Waals surface area contributed by atoms with Gasteiger partial charge in [0.15, 0.2) is 5.82 Å². The van der Waals surface area contributed by atoms with Crippen LogP contribution in [0, 0.1) is 0 Å². The Morgan fingerprint density at radius 2 is 2.30 bits per heavy atom. The van der Waals surface area contributed by atoms with Crippen molar-refractivity contribution in [1.29, 1.82) is 0 Å². The Kier molecular flexibility index (Phi) is 4.62. The van der Waals surface area contributed by atoms with Gasteiger partial charge in [0, 0.05) is 31.2 Å². The van der Waals surface area contributed by atoms with E-state index in [9.17, 15) is 10.2 Å². The Balaban J connectivity index is 2.02. The summed E-state index contributed by atoms with van der Waals surface area (Å²) in [7, 11) is 3.76. The summed E-state index contributed by atoms with van der Waals surface area (Å²) in [4.78, 5) is 14.7. The highest BCUT2D eigenvalue weighted by Gasteiger charge is 2.35. The second-order valence-electron chi connectivity index (χ2n) is 5.60. The molecule has 0 aromatic carbocycles. The molecule has 3 rings (SSSR count). The van der Waals surface area contributed by atoms with Crippen molar-refractivity contribution < 1.29 is 14.9 Å². The van der Waals surface area contributed by atoms with Crippen LogP contribution in [0.2, 0.25) is 0 Å². The van der Waals surface area contributed by atoms with Crippen LogP contribution in [0.25, 0.3) is 11.0 Å². The smallest absolute Gasteiger partial charge is 0.167 e. The molecule has 0 bridgehead atoms. The lowest BCUT2D eigenvalue weighted by Gasteiger charge is -2.14. The zero-order valence-electron chi connectivity index (χ0n) is 12.8. The van der Waals surface area contributed by atoms with Gasteiger partial charge in [-0.2, -0.15) is 0 Å². The highest BCUT2D eigenvalue weighted by atomic mass is 79.9. The average Bonchev–Trinajstić information content (AvgIpc) is 3.06. The Bertz CT molecular complexity index is 733. The van der Waals surface area contributed by atoms with Crippen molar-refractivity contribution in [2.24, 2.45) is 4.99 Å². The van der Waals surface area contributed by atoms with Crippen molar-refractivity contribution in [3.05, 3.63) is 17.0 Å². The molecule has 0 amide bonds. The van der Waals surface area contributed by atoms with Gasteiger partial charge in [0.1, 0.15) is 24.3 Å². The van der Waals surface area contributed by atoms with Crippen LogP contribution >= 0.6 is 15.9 Å². The second kappa shape index (κ2) is 6.52. The highest BCUT2D eigenvalue weighted by molar-refractivity contribution is 9.10. The molecule has 2 aromatic heterocycles. The van der Waals surface area contributed by atoms with E-state index in [2.05, 4.69) is 30.9 Å². The normalized spacial score (nSPS) is 24.8. The first-order valence-electron chi connectivity index (χ1n) is 7.17. The lowest BCUT2D eigenvalue weighted by Crippen LogP contribution is -2.24. The van der Waals surface area contributed by atoms with E-state index in [1.165, 1.54) is 6.33 Å². The zero-order valence-corrected chi connectivity index (χ0v) is 14.4. The Morgan fingerprint density at radius 3 is 2.96 bits per heavy atom. The summed E-state index contributed by atoms with van der Waals surface area (Å²) in [5.74, 6) is 0.548. The van der Waals surface area contributed by atoms with Gasteiger partial charge < -0.3 is 24.4 Å². The fourth-order valence-corrected chi connectivity index (χ4v) is 3.14. The monoisotopic (exact) mass is 383 g/mol. The first-order chi connectivity index (χ1) is 11.0. The molecule has 3 atom stereocenters. The predicted octanol–water partition coefficient (Wildman–Crippen LogP) is 1.06. The van der Waals surface area contributed by atoms with Crippen LogP contribution in [-0.2, 0) is 4.74 Å². The Hall–Kier alpha value is -1.55. The quantitative estimate of drug-likeness (QED) is 0.605. The third kappa shape index (κ3) is 3.09. The third-order valence-corrected chi connectivity index (χ3v) is 4.25. The van der Waals surface area contributed by atoms with E-state index < -0.39 is 18.4 Å². The molecule has 0 radical (unpaired) electrons. The molecule has 2 N–H and O–H groups in total. The molecule has 9 heteroatoms. The van der Waals surface area contributed by atoms with Crippen molar-refractivity contribution in [1.82, 2.24) is 19.4 Å². The van der Waals surface area contributed by atoms with Crippen molar-refractivity contribution in [3.63, 3.8) is 0 Å². The Morgan fingerprint density at radius 1 is 1.52 bits per heavy atom. The average molecular weight is 384 g/mol. The number of aliphatic imine (C=N–C) groups is 1. The number of halogens is 1. The van der Waals surface area contributed by atoms with E-state index in [0.717, 1.165) is 9.86 Å². The summed E-state index contributed by atoms with van der Waals surface area (Å²) in [5.41, 5.74) is 0.661. The largest absolute Gasteiger partial charge is 0.394 e. The molecule has 23 heavy (non-hydrogen) atoms. The van der Waals surface area contributed by atoms with Crippen molar-refractivity contribution in [2.45, 2.75) is 24.9 Å². The minimum absolute atomic E-state index is 0.217. The topological polar surface area (TPSA) is 96.0 Å². The van der Waals surface area contributed by atoms with E-state index in [-0.39, 0.29) is 6.61 Å². The Labute approximate surface area is 141 Å². The molecule has 1 aliphatic heterocycles. The number of ether oxygens (including phenoxy) is 1. The van der Waals surface area contributed by atoms with Crippen LogP contribution in [0.4, 0.5) is 5.82 Å². The molecule has 1 saturated heterocycles. The van der Waals surface area contributed by atoms with Crippen LogP contribution in [0.1, 0.15) is 12.6 Å². The van der Waals surface area contributed by atoms with Crippen LogP contribution in [-0.4, -0.2) is 68.9 Å². The van der Waals surface area contributed by atoms with Crippen molar-refractivity contribution in [3.8, 4) is 0 Å². The van der Waals surface area contributed by atoms with Crippen molar-refractivity contribution >= 4 is 39.1 Å². The minimum Gasteiger partial charge on any atom is -0.394 e. The van der Waals surface area contributed by atoms with Crippen LogP contribution in [0.15, 0.2) is 22.0 Å². The second-order valence-corrected chi connectivity index (χ2v) is 6.46. The van der Waals surface area contributed by atoms with Crippen LogP contribution in [0.5, 0.6) is 0 Å². The van der Waals surface area contributed by atoms with E-state index in [0.29, 0.717) is 17.9 Å². The molecule has 0 spiro atoms. The van der Waals surface area contributed by atoms with Gasteiger partial charge in [0.05, 0.1) is 24.4 Å².